The zero-order valence-corrected chi connectivity index (χ0v) is 9.71. The summed E-state index contributed by atoms with van der Waals surface area (Å²) in [6.45, 7) is 0. The standard InChI is InChI=1S/C14H15NO2/c1-17-14-5-3-2-4-12(14)13(16)10-11-6-8-15-9-7-11/h2-9,13,16H,10H2,1H3. The zero-order valence-electron chi connectivity index (χ0n) is 9.71. The summed E-state index contributed by atoms with van der Waals surface area (Å²) in [6.07, 6.45) is 3.45. The van der Waals surface area contributed by atoms with E-state index in [4.69, 9.17) is 4.74 Å². The Balaban J connectivity index is 2.17. The number of hydrogen-bond donors (Lipinski definition) is 1. The maximum Gasteiger partial charge on any atom is 0.124 e. The molecule has 0 aliphatic heterocycles. The number of pyridine rings is 1. The second-order valence-corrected chi connectivity index (χ2v) is 3.82. The number of hydrogen-bond acceptors (Lipinski definition) is 3. The number of aliphatic hydroxyl groups is 1. The van der Waals surface area contributed by atoms with Crippen LogP contribution in [0.25, 0.3) is 0 Å². The number of para-hydroxylation sites is 1. The third-order valence-corrected chi connectivity index (χ3v) is 2.68. The van der Waals surface area contributed by atoms with Gasteiger partial charge in [-0.25, -0.2) is 0 Å². The summed E-state index contributed by atoms with van der Waals surface area (Å²) in [5.74, 6) is 0.717. The van der Waals surface area contributed by atoms with E-state index in [0.717, 1.165) is 11.1 Å². The van der Waals surface area contributed by atoms with Gasteiger partial charge in [0.15, 0.2) is 0 Å². The van der Waals surface area contributed by atoms with E-state index >= 15 is 0 Å². The van der Waals surface area contributed by atoms with Crippen LogP contribution in [0.15, 0.2) is 48.8 Å². The molecule has 3 heteroatoms. The Bertz CT molecular complexity index is 471. The molecule has 1 aromatic heterocycles. The van der Waals surface area contributed by atoms with Crippen LogP contribution in [0.5, 0.6) is 5.75 Å². The van der Waals surface area contributed by atoms with Gasteiger partial charge in [-0.05, 0) is 23.8 Å². The molecule has 0 aliphatic carbocycles. The van der Waals surface area contributed by atoms with Gasteiger partial charge >= 0.3 is 0 Å². The predicted octanol–water partition coefficient (Wildman–Crippen LogP) is 2.37. The van der Waals surface area contributed by atoms with E-state index < -0.39 is 6.10 Å². The van der Waals surface area contributed by atoms with Crippen LogP contribution in [0.2, 0.25) is 0 Å². The number of methoxy groups -OCH3 is 1. The van der Waals surface area contributed by atoms with Crippen molar-refractivity contribution >= 4 is 0 Å². The average molecular weight is 229 g/mol. The summed E-state index contributed by atoms with van der Waals surface area (Å²) in [5.41, 5.74) is 1.87. The van der Waals surface area contributed by atoms with Gasteiger partial charge in [0, 0.05) is 24.4 Å². The maximum atomic E-state index is 10.2. The SMILES string of the molecule is COc1ccccc1C(O)Cc1ccncc1. The topological polar surface area (TPSA) is 42.4 Å². The molecule has 0 aliphatic rings. The van der Waals surface area contributed by atoms with Crippen molar-refractivity contribution in [1.29, 1.82) is 0 Å². The summed E-state index contributed by atoms with van der Waals surface area (Å²) in [7, 11) is 1.61. The second kappa shape index (κ2) is 5.46. The van der Waals surface area contributed by atoms with E-state index in [1.54, 1.807) is 19.5 Å². The highest BCUT2D eigenvalue weighted by molar-refractivity contribution is 5.35. The molecule has 3 nitrogen and oxygen atoms in total. The molecular weight excluding hydrogens is 214 g/mol. The first-order chi connectivity index (χ1) is 8.31. The Labute approximate surface area is 101 Å². The fraction of sp³-hybridized carbons (Fsp3) is 0.214. The molecule has 0 saturated heterocycles. The van der Waals surface area contributed by atoms with Crippen LogP contribution in [0, 0.1) is 0 Å². The summed E-state index contributed by atoms with van der Waals surface area (Å²) in [4.78, 5) is 3.95. The van der Waals surface area contributed by atoms with E-state index in [9.17, 15) is 5.11 Å². The van der Waals surface area contributed by atoms with Gasteiger partial charge in [-0.2, -0.15) is 0 Å². The molecule has 0 bridgehead atoms. The summed E-state index contributed by atoms with van der Waals surface area (Å²) in [5, 5.41) is 10.2. The van der Waals surface area contributed by atoms with Crippen LogP contribution in [-0.4, -0.2) is 17.2 Å². The fourth-order valence-electron chi connectivity index (χ4n) is 1.79. The third-order valence-electron chi connectivity index (χ3n) is 2.68. The lowest BCUT2D eigenvalue weighted by molar-refractivity contribution is 0.174. The summed E-state index contributed by atoms with van der Waals surface area (Å²) in [6, 6.07) is 11.3. The molecule has 2 rings (SSSR count). The van der Waals surface area contributed by atoms with Gasteiger partial charge < -0.3 is 9.84 Å². The van der Waals surface area contributed by atoms with Crippen molar-refractivity contribution in [2.24, 2.45) is 0 Å². The van der Waals surface area contributed by atoms with Crippen molar-refractivity contribution in [1.82, 2.24) is 4.98 Å². The molecule has 1 heterocycles. The second-order valence-electron chi connectivity index (χ2n) is 3.82. The van der Waals surface area contributed by atoms with Crippen LogP contribution in [0.4, 0.5) is 0 Å². The molecule has 17 heavy (non-hydrogen) atoms. The minimum Gasteiger partial charge on any atom is -0.496 e. The highest BCUT2D eigenvalue weighted by atomic mass is 16.5. The minimum absolute atomic E-state index is 0.558. The number of aliphatic hydroxyl groups excluding tert-OH is 1. The van der Waals surface area contributed by atoms with Crippen molar-refractivity contribution in [3.63, 3.8) is 0 Å². The van der Waals surface area contributed by atoms with E-state index in [1.165, 1.54) is 0 Å². The molecule has 0 amide bonds. The van der Waals surface area contributed by atoms with Gasteiger partial charge in [-0.1, -0.05) is 18.2 Å². The van der Waals surface area contributed by atoms with Crippen molar-refractivity contribution in [3.05, 3.63) is 59.9 Å². The minimum atomic E-state index is -0.562. The van der Waals surface area contributed by atoms with Gasteiger partial charge in [0.1, 0.15) is 5.75 Å². The lowest BCUT2D eigenvalue weighted by atomic mass is 10.0. The number of nitrogens with zero attached hydrogens (tertiary/aromatic N) is 1. The summed E-state index contributed by atoms with van der Waals surface area (Å²) < 4.78 is 5.23. The van der Waals surface area contributed by atoms with E-state index in [0.29, 0.717) is 12.2 Å². The Morgan fingerprint density at radius 2 is 1.88 bits per heavy atom. The van der Waals surface area contributed by atoms with Gasteiger partial charge in [-0.15, -0.1) is 0 Å². The Morgan fingerprint density at radius 3 is 2.59 bits per heavy atom. The van der Waals surface area contributed by atoms with Gasteiger partial charge in [-0.3, -0.25) is 4.98 Å². The Morgan fingerprint density at radius 1 is 1.18 bits per heavy atom. The predicted molar refractivity (Wildman–Crippen MR) is 65.9 cm³/mol. The fourth-order valence-corrected chi connectivity index (χ4v) is 1.79. The smallest absolute Gasteiger partial charge is 0.124 e. The lowest BCUT2D eigenvalue weighted by Gasteiger charge is -2.14. The van der Waals surface area contributed by atoms with Crippen molar-refractivity contribution < 1.29 is 9.84 Å². The van der Waals surface area contributed by atoms with Crippen molar-refractivity contribution in [2.45, 2.75) is 12.5 Å². The van der Waals surface area contributed by atoms with Gasteiger partial charge in [0.05, 0.1) is 13.2 Å². The van der Waals surface area contributed by atoms with Gasteiger partial charge in [0.25, 0.3) is 0 Å². The Kier molecular flexibility index (Phi) is 3.73. The van der Waals surface area contributed by atoms with Crippen LogP contribution in [0.1, 0.15) is 17.2 Å². The number of rotatable bonds is 4. The van der Waals surface area contributed by atoms with Gasteiger partial charge in [0.2, 0.25) is 0 Å². The Hall–Kier alpha value is -1.87. The van der Waals surface area contributed by atoms with Crippen LogP contribution in [0.3, 0.4) is 0 Å². The molecule has 1 unspecified atom stereocenters. The van der Waals surface area contributed by atoms with E-state index in [2.05, 4.69) is 4.98 Å². The van der Waals surface area contributed by atoms with Crippen LogP contribution < -0.4 is 4.74 Å². The first-order valence-corrected chi connectivity index (χ1v) is 5.51. The largest absolute Gasteiger partial charge is 0.496 e. The third kappa shape index (κ3) is 2.82. The normalized spacial score (nSPS) is 12.1. The van der Waals surface area contributed by atoms with Crippen molar-refractivity contribution in [3.8, 4) is 5.75 Å². The maximum absolute atomic E-state index is 10.2. The van der Waals surface area contributed by atoms with Crippen LogP contribution >= 0.6 is 0 Å². The van der Waals surface area contributed by atoms with E-state index in [1.807, 2.05) is 36.4 Å². The molecular formula is C14H15NO2. The van der Waals surface area contributed by atoms with Crippen molar-refractivity contribution in [2.75, 3.05) is 7.11 Å². The molecule has 1 atom stereocenters. The lowest BCUT2D eigenvalue weighted by Crippen LogP contribution is -2.04. The first kappa shape index (κ1) is 11.6. The first-order valence-electron chi connectivity index (χ1n) is 5.51. The van der Waals surface area contributed by atoms with Crippen LogP contribution in [-0.2, 0) is 6.42 Å². The quantitative estimate of drug-likeness (QED) is 0.875. The van der Waals surface area contributed by atoms with E-state index in [-0.39, 0.29) is 0 Å². The number of ether oxygens (including phenoxy) is 1. The molecule has 0 spiro atoms. The molecule has 0 fully saturated rings. The molecule has 2 aromatic rings. The zero-order chi connectivity index (χ0) is 12.1. The molecule has 88 valence electrons. The monoisotopic (exact) mass is 229 g/mol. The summed E-state index contributed by atoms with van der Waals surface area (Å²) >= 11 is 0. The molecule has 0 saturated carbocycles. The highest BCUT2D eigenvalue weighted by Gasteiger charge is 2.12. The molecule has 0 radical (unpaired) electrons. The molecule has 1 aromatic carbocycles. The number of aromatic nitrogens is 1. The average Bonchev–Trinajstić information content (AvgIpc) is 2.40. The molecule has 1 N–H and O–H groups in total. The highest BCUT2D eigenvalue weighted by Crippen LogP contribution is 2.26. The number of benzene rings is 1.